The van der Waals surface area contributed by atoms with Gasteiger partial charge in [0.1, 0.15) is 12.6 Å². The quantitative estimate of drug-likeness (QED) is 0.268. The lowest BCUT2D eigenvalue weighted by molar-refractivity contribution is -0.659. The molecule has 0 aliphatic heterocycles. The molecule has 0 aliphatic carbocycles. The Hall–Kier alpha value is -3.91. The summed E-state index contributed by atoms with van der Waals surface area (Å²) in [6.45, 7) is 4.27. The zero-order chi connectivity index (χ0) is 21.8. The number of hydrogen-bond acceptors (Lipinski definition) is 1. The zero-order valence-electron chi connectivity index (χ0n) is 18.5. The van der Waals surface area contributed by atoms with Gasteiger partial charge in [-0.15, -0.1) is 0 Å². The molecule has 0 fully saturated rings. The topological polar surface area (TPSA) is 17.0 Å². The second-order valence-electron chi connectivity index (χ2n) is 8.68. The maximum absolute atomic E-state index is 6.49. The summed E-state index contributed by atoms with van der Waals surface area (Å²) in [7, 11) is 2.08. The number of aromatic nitrogens is 1. The first kappa shape index (κ1) is 18.8. The van der Waals surface area contributed by atoms with E-state index in [0.29, 0.717) is 0 Å². The lowest BCUT2D eigenvalue weighted by atomic mass is 9.97. The van der Waals surface area contributed by atoms with Gasteiger partial charge in [0.25, 0.3) is 5.69 Å². The van der Waals surface area contributed by atoms with E-state index in [0.717, 1.165) is 22.2 Å². The van der Waals surface area contributed by atoms with Crippen molar-refractivity contribution >= 4 is 32.7 Å². The van der Waals surface area contributed by atoms with Gasteiger partial charge in [0.2, 0.25) is 5.58 Å². The van der Waals surface area contributed by atoms with Crippen LogP contribution in [0, 0.1) is 13.8 Å². The minimum atomic E-state index is 0.927. The van der Waals surface area contributed by atoms with E-state index in [4.69, 9.17) is 4.42 Å². The van der Waals surface area contributed by atoms with Crippen molar-refractivity contribution in [2.75, 3.05) is 0 Å². The summed E-state index contributed by atoms with van der Waals surface area (Å²) < 4.78 is 8.65. The molecular weight excluding hydrogens is 390 g/mol. The molecule has 0 aliphatic rings. The van der Waals surface area contributed by atoms with Crippen molar-refractivity contribution in [1.82, 2.24) is 0 Å². The van der Waals surface area contributed by atoms with Crippen LogP contribution < -0.4 is 4.57 Å². The average molecular weight is 415 g/mol. The van der Waals surface area contributed by atoms with Gasteiger partial charge < -0.3 is 4.42 Å². The Morgan fingerprint density at radius 2 is 1.50 bits per heavy atom. The molecule has 0 radical (unpaired) electrons. The van der Waals surface area contributed by atoms with Gasteiger partial charge in [0.15, 0.2) is 6.20 Å². The highest BCUT2D eigenvalue weighted by Gasteiger charge is 2.22. The Balaban J connectivity index is 1.63. The highest BCUT2D eigenvalue weighted by molar-refractivity contribution is 6.20. The van der Waals surface area contributed by atoms with Crippen LogP contribution in [0.3, 0.4) is 0 Å². The van der Waals surface area contributed by atoms with Crippen molar-refractivity contribution in [2.24, 2.45) is 7.05 Å². The third kappa shape index (κ3) is 2.84. The molecule has 0 unspecified atom stereocenters. The molecule has 0 saturated heterocycles. The molecule has 0 bridgehead atoms. The summed E-state index contributed by atoms with van der Waals surface area (Å²) >= 11 is 0. The molecular formula is C30H24NO+. The maximum atomic E-state index is 6.49. The van der Waals surface area contributed by atoms with Crippen LogP contribution in [-0.4, -0.2) is 0 Å². The Morgan fingerprint density at radius 1 is 0.719 bits per heavy atom. The van der Waals surface area contributed by atoms with Crippen LogP contribution in [0.25, 0.3) is 55.1 Å². The fourth-order valence-corrected chi connectivity index (χ4v) is 4.78. The van der Waals surface area contributed by atoms with E-state index in [1.807, 2.05) is 0 Å². The van der Waals surface area contributed by atoms with E-state index in [-0.39, 0.29) is 0 Å². The highest BCUT2D eigenvalue weighted by atomic mass is 16.3. The van der Waals surface area contributed by atoms with Gasteiger partial charge in [-0.1, -0.05) is 66.2 Å². The first-order chi connectivity index (χ1) is 15.6. The molecule has 2 heterocycles. The first-order valence-corrected chi connectivity index (χ1v) is 11.0. The molecule has 0 saturated carbocycles. The Morgan fingerprint density at radius 3 is 2.31 bits per heavy atom. The summed E-state index contributed by atoms with van der Waals surface area (Å²) in [5, 5.41) is 4.79. The minimum Gasteiger partial charge on any atom is -0.449 e. The summed E-state index contributed by atoms with van der Waals surface area (Å²) in [4.78, 5) is 0. The van der Waals surface area contributed by atoms with Crippen LogP contribution in [0.4, 0.5) is 0 Å². The molecule has 0 spiro atoms. The van der Waals surface area contributed by atoms with E-state index in [2.05, 4.69) is 117 Å². The molecule has 2 aromatic heterocycles. The standard InChI is InChI=1S/C30H24NO/c1-19-8-10-21(11-9-19)22-12-14-25-23(18-22)13-15-27-28(25)26-16-17-31(3)29(30(26)32-27)24-7-5-4-6-20(24)2/h4-18H,1-3H3/q+1. The summed E-state index contributed by atoms with van der Waals surface area (Å²) in [6.07, 6.45) is 2.14. The smallest absolute Gasteiger partial charge is 0.256 e. The minimum absolute atomic E-state index is 0.927. The van der Waals surface area contributed by atoms with Gasteiger partial charge >= 0.3 is 0 Å². The second-order valence-corrected chi connectivity index (χ2v) is 8.68. The summed E-state index contributed by atoms with van der Waals surface area (Å²) in [5.41, 5.74) is 9.17. The highest BCUT2D eigenvalue weighted by Crippen LogP contribution is 2.39. The number of aryl methyl sites for hydroxylation is 3. The average Bonchev–Trinajstić information content (AvgIpc) is 3.19. The number of rotatable bonds is 2. The van der Waals surface area contributed by atoms with Crippen LogP contribution in [0.5, 0.6) is 0 Å². The Bertz CT molecular complexity index is 1640. The van der Waals surface area contributed by atoms with E-state index >= 15 is 0 Å². The molecule has 32 heavy (non-hydrogen) atoms. The van der Waals surface area contributed by atoms with Crippen molar-refractivity contribution in [3.8, 4) is 22.4 Å². The lowest BCUT2D eigenvalue weighted by Gasteiger charge is -2.06. The second kappa shape index (κ2) is 7.06. The van der Waals surface area contributed by atoms with Crippen molar-refractivity contribution in [3.63, 3.8) is 0 Å². The molecule has 0 N–H and O–H groups in total. The number of nitrogens with zero attached hydrogens (tertiary/aromatic N) is 1. The van der Waals surface area contributed by atoms with Crippen LogP contribution in [0.1, 0.15) is 11.1 Å². The SMILES string of the molecule is Cc1ccc(-c2ccc3c(ccc4oc5c(-c6ccccc6C)[n+](C)ccc5c43)c2)cc1. The van der Waals surface area contributed by atoms with Gasteiger partial charge in [-0.3, -0.25) is 0 Å². The monoisotopic (exact) mass is 414 g/mol. The van der Waals surface area contributed by atoms with Gasteiger partial charge in [0, 0.05) is 16.8 Å². The van der Waals surface area contributed by atoms with E-state index in [1.54, 1.807) is 0 Å². The number of benzene rings is 4. The molecule has 4 aromatic carbocycles. The van der Waals surface area contributed by atoms with E-state index in [9.17, 15) is 0 Å². The molecule has 6 rings (SSSR count). The van der Waals surface area contributed by atoms with Gasteiger partial charge in [-0.2, -0.15) is 4.57 Å². The molecule has 2 heteroatoms. The van der Waals surface area contributed by atoms with Gasteiger partial charge in [0.05, 0.1) is 5.56 Å². The molecule has 0 atom stereocenters. The normalized spacial score (nSPS) is 11.6. The van der Waals surface area contributed by atoms with Crippen molar-refractivity contribution in [2.45, 2.75) is 13.8 Å². The molecule has 154 valence electrons. The maximum Gasteiger partial charge on any atom is 0.256 e. The van der Waals surface area contributed by atoms with Gasteiger partial charge in [-0.05, 0) is 59.5 Å². The van der Waals surface area contributed by atoms with Crippen molar-refractivity contribution in [1.29, 1.82) is 0 Å². The number of hydrogen-bond donors (Lipinski definition) is 0. The zero-order valence-corrected chi connectivity index (χ0v) is 18.5. The van der Waals surface area contributed by atoms with Crippen molar-refractivity contribution in [3.05, 3.63) is 102 Å². The summed E-state index contributed by atoms with van der Waals surface area (Å²) in [6, 6.07) is 30.4. The van der Waals surface area contributed by atoms with E-state index < -0.39 is 0 Å². The molecule has 6 aromatic rings. The predicted octanol–water partition coefficient (Wildman–Crippen LogP) is 7.51. The lowest BCUT2D eigenvalue weighted by Crippen LogP contribution is -2.30. The number of pyridine rings is 1. The third-order valence-corrected chi connectivity index (χ3v) is 6.53. The van der Waals surface area contributed by atoms with E-state index in [1.165, 1.54) is 44.0 Å². The number of fused-ring (bicyclic) bond motifs is 5. The number of furan rings is 1. The van der Waals surface area contributed by atoms with Crippen LogP contribution >= 0.6 is 0 Å². The third-order valence-electron chi connectivity index (χ3n) is 6.53. The van der Waals surface area contributed by atoms with Crippen LogP contribution in [0.15, 0.2) is 95.5 Å². The van der Waals surface area contributed by atoms with Gasteiger partial charge in [-0.25, -0.2) is 0 Å². The Labute approximate surface area is 187 Å². The largest absolute Gasteiger partial charge is 0.449 e. The fraction of sp³-hybridized carbons (Fsp3) is 0.100. The Kier molecular flexibility index (Phi) is 4.16. The molecule has 0 amide bonds. The summed E-state index contributed by atoms with van der Waals surface area (Å²) in [5.74, 6) is 0. The predicted molar refractivity (Wildman–Crippen MR) is 133 cm³/mol. The first-order valence-electron chi connectivity index (χ1n) is 11.0. The molecule has 2 nitrogen and oxygen atoms in total. The van der Waals surface area contributed by atoms with Crippen LogP contribution in [-0.2, 0) is 7.05 Å². The van der Waals surface area contributed by atoms with Crippen LogP contribution in [0.2, 0.25) is 0 Å². The fourth-order valence-electron chi connectivity index (χ4n) is 4.78. The van der Waals surface area contributed by atoms with Crippen molar-refractivity contribution < 1.29 is 8.98 Å².